The second-order valence-corrected chi connectivity index (χ2v) is 8.71. The maximum absolute atomic E-state index is 12.9. The monoisotopic (exact) mass is 462 g/mol. The first kappa shape index (κ1) is 21.3. The molecule has 1 N–H and O–H groups in total. The highest BCUT2D eigenvalue weighted by atomic mass is 35.5. The van der Waals surface area contributed by atoms with Crippen LogP contribution >= 0.6 is 11.6 Å². The Labute approximate surface area is 195 Å². The van der Waals surface area contributed by atoms with Gasteiger partial charge in [0.1, 0.15) is 5.82 Å². The Hall–Kier alpha value is -3.52. The van der Waals surface area contributed by atoms with Crippen molar-refractivity contribution in [1.82, 2.24) is 29.9 Å². The van der Waals surface area contributed by atoms with Crippen LogP contribution in [0.2, 0.25) is 5.02 Å². The first-order valence-corrected chi connectivity index (χ1v) is 11.3. The topological polar surface area (TPSA) is 96.8 Å². The molecule has 0 saturated carbocycles. The molecule has 1 amide bonds. The van der Waals surface area contributed by atoms with Crippen molar-refractivity contribution in [3.8, 4) is 0 Å². The first-order chi connectivity index (χ1) is 16.1. The number of aromatic amines is 1. The van der Waals surface area contributed by atoms with Gasteiger partial charge >= 0.3 is 0 Å². The highest BCUT2D eigenvalue weighted by Gasteiger charge is 2.27. The van der Waals surface area contributed by atoms with Gasteiger partial charge in [-0.05, 0) is 30.0 Å². The van der Waals surface area contributed by atoms with Crippen LogP contribution < -0.4 is 5.56 Å². The van der Waals surface area contributed by atoms with Crippen molar-refractivity contribution in [2.24, 2.45) is 0 Å². The molecule has 168 valence electrons. The lowest BCUT2D eigenvalue weighted by Crippen LogP contribution is -2.40. The Morgan fingerprint density at radius 2 is 1.91 bits per heavy atom. The van der Waals surface area contributed by atoms with Crippen LogP contribution in [0.15, 0.2) is 59.4 Å². The zero-order chi connectivity index (χ0) is 22.8. The van der Waals surface area contributed by atoms with Crippen molar-refractivity contribution >= 4 is 28.7 Å². The molecule has 9 heteroatoms. The summed E-state index contributed by atoms with van der Waals surface area (Å²) < 4.78 is 1.59. The molecule has 2 aromatic carbocycles. The third-order valence-corrected chi connectivity index (χ3v) is 6.40. The molecule has 3 heterocycles. The number of nitrogens with one attached hydrogen (secondary N) is 1. The van der Waals surface area contributed by atoms with Crippen LogP contribution in [-0.2, 0) is 17.8 Å². The Bertz CT molecular complexity index is 1350. The highest BCUT2D eigenvalue weighted by Crippen LogP contribution is 2.25. The Morgan fingerprint density at radius 3 is 2.73 bits per heavy atom. The molecule has 0 aliphatic carbocycles. The summed E-state index contributed by atoms with van der Waals surface area (Å²) in [7, 11) is 0. The van der Waals surface area contributed by atoms with Gasteiger partial charge in [0.15, 0.2) is 11.2 Å². The number of nitrogens with zero attached hydrogens (tertiary/aromatic N) is 5. The van der Waals surface area contributed by atoms with Crippen LogP contribution in [0, 0.1) is 0 Å². The molecule has 2 aromatic heterocycles. The summed E-state index contributed by atoms with van der Waals surface area (Å²) in [4.78, 5) is 35.0. The molecular formula is C24H23ClN6O2. The minimum atomic E-state index is -0.326. The Balaban J connectivity index is 1.39. The van der Waals surface area contributed by atoms with Gasteiger partial charge in [0.2, 0.25) is 5.91 Å². The standard InChI is InChI=1S/C24H23ClN6O2/c25-19-11-5-4-9-17(19)15-31-23-21(28-29-31)24(33)27-22(26-23)18-10-6-12-30(14-18)20(32)13-16-7-2-1-3-8-16/h1-5,7-9,11,18H,6,10,12-15H2,(H,26,27,33)/t18-/m1/s1. The second-order valence-electron chi connectivity index (χ2n) is 8.30. The van der Waals surface area contributed by atoms with E-state index in [9.17, 15) is 9.59 Å². The summed E-state index contributed by atoms with van der Waals surface area (Å²) in [5.74, 6) is 0.589. The maximum Gasteiger partial charge on any atom is 0.281 e. The number of aromatic nitrogens is 5. The van der Waals surface area contributed by atoms with Crippen LogP contribution in [0.1, 0.15) is 35.7 Å². The van der Waals surface area contributed by atoms with Crippen molar-refractivity contribution in [3.05, 3.63) is 86.9 Å². The lowest BCUT2D eigenvalue weighted by Gasteiger charge is -2.32. The number of carbonyl (C=O) groups is 1. The highest BCUT2D eigenvalue weighted by molar-refractivity contribution is 6.31. The molecule has 0 unspecified atom stereocenters. The number of H-pyrrole nitrogens is 1. The van der Waals surface area contributed by atoms with E-state index in [0.717, 1.165) is 24.0 Å². The quantitative estimate of drug-likeness (QED) is 0.491. The molecule has 5 rings (SSSR count). The van der Waals surface area contributed by atoms with E-state index < -0.39 is 0 Å². The van der Waals surface area contributed by atoms with E-state index in [1.54, 1.807) is 4.68 Å². The SMILES string of the molecule is O=C(Cc1ccccc1)N1CCC[C@@H](c2nc3c(nnn3Cc3ccccc3Cl)c(=O)[nH]2)C1. The van der Waals surface area contributed by atoms with Gasteiger partial charge in [-0.15, -0.1) is 5.10 Å². The molecule has 8 nitrogen and oxygen atoms in total. The molecular weight excluding hydrogens is 440 g/mol. The smallest absolute Gasteiger partial charge is 0.281 e. The third kappa shape index (κ3) is 4.52. The number of carbonyl (C=O) groups excluding carboxylic acids is 1. The van der Waals surface area contributed by atoms with Crippen molar-refractivity contribution < 1.29 is 4.79 Å². The van der Waals surface area contributed by atoms with Crippen LogP contribution in [0.3, 0.4) is 0 Å². The van der Waals surface area contributed by atoms with Gasteiger partial charge in [-0.25, -0.2) is 9.67 Å². The molecule has 1 saturated heterocycles. The fourth-order valence-electron chi connectivity index (χ4n) is 4.28. The zero-order valence-corrected chi connectivity index (χ0v) is 18.7. The van der Waals surface area contributed by atoms with E-state index in [4.69, 9.17) is 16.6 Å². The second kappa shape index (κ2) is 9.15. The van der Waals surface area contributed by atoms with Gasteiger partial charge in [0.05, 0.1) is 13.0 Å². The molecule has 1 atom stereocenters. The van der Waals surface area contributed by atoms with Crippen LogP contribution in [0.4, 0.5) is 0 Å². The fraction of sp³-hybridized carbons (Fsp3) is 0.292. The van der Waals surface area contributed by atoms with Gasteiger partial charge < -0.3 is 9.88 Å². The average molecular weight is 463 g/mol. The van der Waals surface area contributed by atoms with Crippen molar-refractivity contribution in [2.45, 2.75) is 31.7 Å². The first-order valence-electron chi connectivity index (χ1n) is 11.0. The number of amides is 1. The van der Waals surface area contributed by atoms with Gasteiger partial charge in [-0.3, -0.25) is 9.59 Å². The molecule has 0 radical (unpaired) electrons. The van der Waals surface area contributed by atoms with Gasteiger partial charge in [0.25, 0.3) is 5.56 Å². The lowest BCUT2D eigenvalue weighted by molar-refractivity contribution is -0.131. The third-order valence-electron chi connectivity index (χ3n) is 6.03. The minimum Gasteiger partial charge on any atom is -0.342 e. The number of piperidine rings is 1. The number of rotatable bonds is 5. The number of hydrogen-bond donors (Lipinski definition) is 1. The number of benzene rings is 2. The predicted molar refractivity (Wildman–Crippen MR) is 125 cm³/mol. The van der Waals surface area contributed by atoms with Gasteiger partial charge in [-0.2, -0.15) is 0 Å². The number of fused-ring (bicyclic) bond motifs is 1. The van der Waals surface area contributed by atoms with Gasteiger partial charge in [0, 0.05) is 24.0 Å². The van der Waals surface area contributed by atoms with E-state index in [-0.39, 0.29) is 22.9 Å². The summed E-state index contributed by atoms with van der Waals surface area (Å²) in [6.45, 7) is 1.59. The summed E-state index contributed by atoms with van der Waals surface area (Å²) in [5.41, 5.74) is 2.14. The number of hydrogen-bond acceptors (Lipinski definition) is 5. The normalized spacial score (nSPS) is 16.3. The molecule has 0 bridgehead atoms. The van der Waals surface area contributed by atoms with Crippen LogP contribution in [0.25, 0.3) is 11.2 Å². The fourth-order valence-corrected chi connectivity index (χ4v) is 4.48. The molecule has 4 aromatic rings. The largest absolute Gasteiger partial charge is 0.342 e. The molecule has 1 aliphatic rings. The molecule has 33 heavy (non-hydrogen) atoms. The number of likely N-dealkylation sites (tertiary alicyclic amines) is 1. The lowest BCUT2D eigenvalue weighted by atomic mass is 9.96. The van der Waals surface area contributed by atoms with Crippen LogP contribution in [-0.4, -0.2) is 48.9 Å². The van der Waals surface area contributed by atoms with E-state index in [1.165, 1.54) is 0 Å². The Kier molecular flexibility index (Phi) is 5.92. The van der Waals surface area contributed by atoms with Crippen molar-refractivity contribution in [1.29, 1.82) is 0 Å². The summed E-state index contributed by atoms with van der Waals surface area (Å²) >= 11 is 6.29. The van der Waals surface area contributed by atoms with Gasteiger partial charge in [-0.1, -0.05) is 65.3 Å². The van der Waals surface area contributed by atoms with E-state index in [1.807, 2.05) is 59.5 Å². The maximum atomic E-state index is 12.9. The van der Waals surface area contributed by atoms with E-state index >= 15 is 0 Å². The van der Waals surface area contributed by atoms with Crippen molar-refractivity contribution in [2.75, 3.05) is 13.1 Å². The van der Waals surface area contributed by atoms with Crippen LogP contribution in [0.5, 0.6) is 0 Å². The summed E-state index contributed by atoms with van der Waals surface area (Å²) in [5, 5.41) is 8.77. The number of halogens is 1. The molecule has 0 spiro atoms. The van der Waals surface area contributed by atoms with E-state index in [2.05, 4.69) is 15.3 Å². The average Bonchev–Trinajstić information content (AvgIpc) is 3.24. The molecule has 1 fully saturated rings. The zero-order valence-electron chi connectivity index (χ0n) is 17.9. The minimum absolute atomic E-state index is 0.0563. The molecule has 1 aliphatic heterocycles. The predicted octanol–water partition coefficient (Wildman–Crippen LogP) is 3.17. The van der Waals surface area contributed by atoms with Crippen molar-refractivity contribution in [3.63, 3.8) is 0 Å². The van der Waals surface area contributed by atoms with E-state index in [0.29, 0.717) is 42.5 Å². The Morgan fingerprint density at radius 1 is 1.12 bits per heavy atom. The summed E-state index contributed by atoms with van der Waals surface area (Å²) in [6, 6.07) is 17.2. The summed E-state index contributed by atoms with van der Waals surface area (Å²) in [6.07, 6.45) is 2.06.